The van der Waals surface area contributed by atoms with Crippen LogP contribution in [0.2, 0.25) is 0 Å². The zero-order valence-electron chi connectivity index (χ0n) is 6.56. The number of aliphatic hydroxyl groups is 2. The Morgan fingerprint density at radius 1 is 1.08 bits per heavy atom. The summed E-state index contributed by atoms with van der Waals surface area (Å²) in [5.41, 5.74) is 0. The number of hydrogen-bond acceptors (Lipinski definition) is 6. The molecule has 1 rings (SSSR count). The van der Waals surface area contributed by atoms with Gasteiger partial charge in [0, 0.05) is 0 Å². The molecule has 0 aromatic heterocycles. The Morgan fingerprint density at radius 2 is 1.75 bits per heavy atom. The average molecular weight is 212 g/mol. The van der Waals surface area contributed by atoms with Gasteiger partial charge in [0.2, 0.25) is 4.27 Å². The highest BCUT2D eigenvalue weighted by atomic mass is 33.2. The first kappa shape index (κ1) is 10.6. The molecule has 1 fully saturated rings. The molecule has 12 heavy (non-hydrogen) atoms. The van der Waals surface area contributed by atoms with Gasteiger partial charge < -0.3 is 19.7 Å². The number of ether oxygens (including phenoxy) is 2. The molecular formula is C6H12O4S2. The zero-order chi connectivity index (χ0) is 8.86. The second-order valence-electron chi connectivity index (χ2n) is 2.27. The molecule has 4 nitrogen and oxygen atoms in total. The van der Waals surface area contributed by atoms with Crippen LogP contribution < -0.4 is 0 Å². The summed E-state index contributed by atoms with van der Waals surface area (Å²) >= 11 is 0. The van der Waals surface area contributed by atoms with E-state index >= 15 is 0 Å². The number of aliphatic hydroxyl groups excluding tert-OH is 1. The van der Waals surface area contributed by atoms with Gasteiger partial charge in [-0.3, -0.25) is 0 Å². The van der Waals surface area contributed by atoms with Gasteiger partial charge >= 0.3 is 0 Å². The number of rotatable bonds is 7. The van der Waals surface area contributed by atoms with Crippen molar-refractivity contribution in [1.82, 2.24) is 0 Å². The van der Waals surface area contributed by atoms with Crippen LogP contribution in [0.25, 0.3) is 0 Å². The summed E-state index contributed by atoms with van der Waals surface area (Å²) in [7, 11) is 2.81. The SMILES string of the molecule is OCCOCCOCC1(O)SS1. The normalized spacial score (nSPS) is 19.5. The molecule has 1 saturated heterocycles. The molecule has 1 heterocycles. The lowest BCUT2D eigenvalue weighted by molar-refractivity contribution is 0.0126. The lowest BCUT2D eigenvalue weighted by Crippen LogP contribution is -2.16. The quantitative estimate of drug-likeness (QED) is 0.353. The van der Waals surface area contributed by atoms with Crippen molar-refractivity contribution in [2.45, 2.75) is 4.27 Å². The summed E-state index contributed by atoms with van der Waals surface area (Å²) in [6.07, 6.45) is 0. The lowest BCUT2D eigenvalue weighted by Gasteiger charge is -2.05. The molecular weight excluding hydrogens is 200 g/mol. The molecule has 1 aliphatic rings. The van der Waals surface area contributed by atoms with Crippen LogP contribution in [0.4, 0.5) is 0 Å². The average Bonchev–Trinajstić information content (AvgIpc) is 2.77. The fourth-order valence-corrected chi connectivity index (χ4v) is 1.52. The van der Waals surface area contributed by atoms with Crippen LogP contribution in [0.1, 0.15) is 0 Å². The van der Waals surface area contributed by atoms with E-state index in [1.54, 1.807) is 0 Å². The third kappa shape index (κ3) is 4.54. The van der Waals surface area contributed by atoms with Crippen LogP contribution in [0.5, 0.6) is 0 Å². The summed E-state index contributed by atoms with van der Waals surface area (Å²) in [5.74, 6) is 0. The standard InChI is InChI=1S/C6H12O4S2/c7-1-2-9-3-4-10-5-6(8)11-12-6/h7-8H,1-5H2. The predicted octanol–water partition coefficient (Wildman–Crippen LogP) is 0.0530. The topological polar surface area (TPSA) is 58.9 Å². The molecule has 0 bridgehead atoms. The fourth-order valence-electron chi connectivity index (χ4n) is 0.582. The van der Waals surface area contributed by atoms with Crippen molar-refractivity contribution in [3.8, 4) is 0 Å². The summed E-state index contributed by atoms with van der Waals surface area (Å²) in [5, 5.41) is 17.6. The minimum Gasteiger partial charge on any atom is -0.394 e. The Labute approximate surface area is 79.0 Å². The van der Waals surface area contributed by atoms with Gasteiger partial charge in [-0.05, 0) is 21.6 Å². The van der Waals surface area contributed by atoms with E-state index in [4.69, 9.17) is 14.6 Å². The molecule has 0 amide bonds. The van der Waals surface area contributed by atoms with Crippen LogP contribution in [0.15, 0.2) is 0 Å². The van der Waals surface area contributed by atoms with Crippen molar-refractivity contribution >= 4 is 21.6 Å². The van der Waals surface area contributed by atoms with Gasteiger partial charge in [-0.25, -0.2) is 0 Å². The second-order valence-corrected chi connectivity index (χ2v) is 5.21. The maximum absolute atomic E-state index is 9.25. The Bertz CT molecular complexity index is 129. The van der Waals surface area contributed by atoms with Crippen LogP contribution in [0, 0.1) is 0 Å². The van der Waals surface area contributed by atoms with Crippen molar-refractivity contribution < 1.29 is 19.7 Å². The highest BCUT2D eigenvalue weighted by molar-refractivity contribution is 8.93. The second kappa shape index (κ2) is 5.31. The van der Waals surface area contributed by atoms with E-state index in [2.05, 4.69) is 0 Å². The Hall–Kier alpha value is 0.540. The Morgan fingerprint density at radius 3 is 2.33 bits per heavy atom. The highest BCUT2D eigenvalue weighted by Crippen LogP contribution is 2.62. The van der Waals surface area contributed by atoms with Crippen LogP contribution in [-0.2, 0) is 9.47 Å². The van der Waals surface area contributed by atoms with Gasteiger partial charge in [-0.15, -0.1) is 0 Å². The summed E-state index contributed by atoms with van der Waals surface area (Å²) < 4.78 is 9.36. The van der Waals surface area contributed by atoms with Gasteiger partial charge in [-0.1, -0.05) is 0 Å². The van der Waals surface area contributed by atoms with Gasteiger partial charge in [0.25, 0.3) is 0 Å². The van der Waals surface area contributed by atoms with Crippen molar-refractivity contribution in [2.24, 2.45) is 0 Å². The van der Waals surface area contributed by atoms with E-state index in [0.29, 0.717) is 26.4 Å². The molecule has 72 valence electrons. The van der Waals surface area contributed by atoms with Gasteiger partial charge in [0.1, 0.15) is 0 Å². The molecule has 0 atom stereocenters. The molecule has 0 saturated carbocycles. The third-order valence-corrected chi connectivity index (χ3v) is 3.61. The first-order chi connectivity index (χ1) is 5.77. The van der Waals surface area contributed by atoms with Crippen LogP contribution in [0.3, 0.4) is 0 Å². The molecule has 0 spiro atoms. The van der Waals surface area contributed by atoms with Crippen LogP contribution in [-0.4, -0.2) is 47.5 Å². The minimum atomic E-state index is -0.697. The van der Waals surface area contributed by atoms with Crippen molar-refractivity contribution in [3.05, 3.63) is 0 Å². The first-order valence-electron chi connectivity index (χ1n) is 3.62. The van der Waals surface area contributed by atoms with Gasteiger partial charge in [-0.2, -0.15) is 0 Å². The zero-order valence-corrected chi connectivity index (χ0v) is 8.20. The van der Waals surface area contributed by atoms with E-state index in [-0.39, 0.29) is 6.61 Å². The molecule has 0 aromatic rings. The maximum atomic E-state index is 9.25. The van der Waals surface area contributed by atoms with Crippen molar-refractivity contribution in [2.75, 3.05) is 33.0 Å². The molecule has 0 aliphatic carbocycles. The highest BCUT2D eigenvalue weighted by Gasteiger charge is 2.44. The monoisotopic (exact) mass is 212 g/mol. The molecule has 1 aliphatic heterocycles. The van der Waals surface area contributed by atoms with E-state index < -0.39 is 4.27 Å². The predicted molar refractivity (Wildman–Crippen MR) is 48.9 cm³/mol. The first-order valence-corrected chi connectivity index (χ1v) is 5.77. The summed E-state index contributed by atoms with van der Waals surface area (Å²) in [6.45, 7) is 1.65. The van der Waals surface area contributed by atoms with E-state index in [1.165, 1.54) is 21.6 Å². The largest absolute Gasteiger partial charge is 0.394 e. The van der Waals surface area contributed by atoms with Crippen molar-refractivity contribution in [1.29, 1.82) is 0 Å². The molecule has 0 radical (unpaired) electrons. The Balaban J connectivity index is 1.77. The minimum absolute atomic E-state index is 0.0373. The fraction of sp³-hybridized carbons (Fsp3) is 1.00. The Kier molecular flexibility index (Phi) is 4.70. The summed E-state index contributed by atoms with van der Waals surface area (Å²) in [6, 6.07) is 0. The van der Waals surface area contributed by atoms with Crippen molar-refractivity contribution in [3.63, 3.8) is 0 Å². The third-order valence-electron chi connectivity index (χ3n) is 1.17. The summed E-state index contributed by atoms with van der Waals surface area (Å²) in [4.78, 5) is 0. The molecule has 6 heteroatoms. The van der Waals surface area contributed by atoms with E-state index in [1.807, 2.05) is 0 Å². The van der Waals surface area contributed by atoms with Crippen LogP contribution >= 0.6 is 21.6 Å². The lowest BCUT2D eigenvalue weighted by atomic mass is 10.7. The maximum Gasteiger partial charge on any atom is 0.201 e. The van der Waals surface area contributed by atoms with Gasteiger partial charge in [0.05, 0.1) is 33.0 Å². The smallest absolute Gasteiger partial charge is 0.201 e. The van der Waals surface area contributed by atoms with E-state index in [9.17, 15) is 5.11 Å². The van der Waals surface area contributed by atoms with E-state index in [0.717, 1.165) is 0 Å². The number of hydrogen-bond donors (Lipinski definition) is 2. The molecule has 2 N–H and O–H groups in total. The molecule has 0 unspecified atom stereocenters. The van der Waals surface area contributed by atoms with Gasteiger partial charge in [0.15, 0.2) is 0 Å². The molecule has 0 aromatic carbocycles.